The first-order valence-electron chi connectivity index (χ1n) is 8.54. The highest BCUT2D eigenvalue weighted by Crippen LogP contribution is 2.28. The number of benzene rings is 2. The van der Waals surface area contributed by atoms with Crippen LogP contribution in [0.1, 0.15) is 22.8 Å². The van der Waals surface area contributed by atoms with Gasteiger partial charge in [0, 0.05) is 16.5 Å². The van der Waals surface area contributed by atoms with E-state index in [1.165, 1.54) is 12.1 Å². The Balaban J connectivity index is 1.77. The molecular weight excluding hydrogens is 345 g/mol. The van der Waals surface area contributed by atoms with Gasteiger partial charge in [0.1, 0.15) is 5.82 Å². The average Bonchev–Trinajstić information content (AvgIpc) is 3.11. The summed E-state index contributed by atoms with van der Waals surface area (Å²) in [6.07, 6.45) is 0.620. The van der Waals surface area contributed by atoms with Gasteiger partial charge in [-0.2, -0.15) is 5.10 Å². The molecule has 2 aromatic heterocycles. The number of carboxylic acids is 1. The minimum absolute atomic E-state index is 0.292. The van der Waals surface area contributed by atoms with Crippen molar-refractivity contribution in [2.75, 3.05) is 0 Å². The molecule has 2 heterocycles. The molecule has 0 fully saturated rings. The lowest BCUT2D eigenvalue weighted by molar-refractivity contribution is 0.0695. The van der Waals surface area contributed by atoms with Crippen molar-refractivity contribution in [1.29, 1.82) is 0 Å². The van der Waals surface area contributed by atoms with Gasteiger partial charge < -0.3 is 5.11 Å². The van der Waals surface area contributed by atoms with Crippen LogP contribution < -0.4 is 0 Å². The lowest BCUT2D eigenvalue weighted by atomic mass is 10.00. The number of rotatable bonds is 4. The summed E-state index contributed by atoms with van der Waals surface area (Å²) in [5.41, 5.74) is 4.77. The number of carbonyl (C=O) groups is 1. The number of nitrogens with zero attached hydrogens (tertiary/aromatic N) is 2. The van der Waals surface area contributed by atoms with Crippen LogP contribution in [0, 0.1) is 5.82 Å². The van der Waals surface area contributed by atoms with Crippen LogP contribution in [0.5, 0.6) is 0 Å². The summed E-state index contributed by atoms with van der Waals surface area (Å²) in [6, 6.07) is 15.2. The Kier molecular flexibility index (Phi) is 4.16. The Labute approximate surface area is 154 Å². The third kappa shape index (κ3) is 3.06. The van der Waals surface area contributed by atoms with Gasteiger partial charge in [-0.1, -0.05) is 13.0 Å². The van der Waals surface area contributed by atoms with Gasteiger partial charge in [-0.3, -0.25) is 5.10 Å². The molecule has 2 aromatic carbocycles. The molecule has 0 unspecified atom stereocenters. The number of pyridine rings is 1. The van der Waals surface area contributed by atoms with E-state index in [0.29, 0.717) is 23.3 Å². The van der Waals surface area contributed by atoms with Crippen molar-refractivity contribution in [3.8, 4) is 22.5 Å². The Hall–Kier alpha value is -3.54. The molecule has 0 saturated heterocycles. The fraction of sp³-hybridized carbons (Fsp3) is 0.0952. The monoisotopic (exact) mass is 361 g/mol. The van der Waals surface area contributed by atoms with E-state index in [-0.39, 0.29) is 5.82 Å². The van der Waals surface area contributed by atoms with E-state index >= 15 is 0 Å². The molecule has 134 valence electrons. The zero-order valence-electron chi connectivity index (χ0n) is 14.5. The van der Waals surface area contributed by atoms with Crippen molar-refractivity contribution in [2.45, 2.75) is 13.3 Å². The lowest BCUT2D eigenvalue weighted by Gasteiger charge is -2.07. The predicted molar refractivity (Wildman–Crippen MR) is 101 cm³/mol. The van der Waals surface area contributed by atoms with E-state index in [1.807, 2.05) is 25.1 Å². The highest BCUT2D eigenvalue weighted by atomic mass is 19.1. The van der Waals surface area contributed by atoms with Crippen molar-refractivity contribution in [2.24, 2.45) is 0 Å². The molecule has 5 nitrogen and oxygen atoms in total. The minimum atomic E-state index is -0.932. The molecule has 4 aromatic rings. The number of hydrogen-bond acceptors (Lipinski definition) is 3. The van der Waals surface area contributed by atoms with Gasteiger partial charge in [-0.15, -0.1) is 0 Å². The molecule has 6 heteroatoms. The van der Waals surface area contributed by atoms with Gasteiger partial charge in [0.2, 0.25) is 0 Å². The standard InChI is InChI=1S/C21H16FN3O2/c1-2-12-11-14(5-8-16(12)21(26)27)18-10-9-17-19(24-25-20(17)23-18)13-3-6-15(22)7-4-13/h3-11H,2H2,1H3,(H,26,27)(H,23,24,25). The highest BCUT2D eigenvalue weighted by molar-refractivity contribution is 5.93. The summed E-state index contributed by atoms with van der Waals surface area (Å²) < 4.78 is 13.1. The van der Waals surface area contributed by atoms with Crippen molar-refractivity contribution in [3.63, 3.8) is 0 Å². The molecule has 4 rings (SSSR count). The zero-order valence-corrected chi connectivity index (χ0v) is 14.5. The number of aryl methyl sites for hydroxylation is 1. The number of carboxylic acid groups (broad SMARTS) is 1. The number of aromatic carboxylic acids is 1. The maximum atomic E-state index is 13.1. The van der Waals surface area contributed by atoms with Crippen LogP contribution >= 0.6 is 0 Å². The Morgan fingerprint density at radius 1 is 1.07 bits per heavy atom. The van der Waals surface area contributed by atoms with Gasteiger partial charge in [0.25, 0.3) is 0 Å². The summed E-state index contributed by atoms with van der Waals surface area (Å²) in [4.78, 5) is 15.9. The second-order valence-electron chi connectivity index (χ2n) is 6.20. The molecule has 0 radical (unpaired) electrons. The van der Waals surface area contributed by atoms with Crippen LogP contribution in [-0.4, -0.2) is 26.3 Å². The Morgan fingerprint density at radius 3 is 2.52 bits per heavy atom. The summed E-state index contributed by atoms with van der Waals surface area (Å²) in [7, 11) is 0. The predicted octanol–water partition coefficient (Wildman–Crippen LogP) is 4.69. The third-order valence-electron chi connectivity index (χ3n) is 4.56. The number of H-pyrrole nitrogens is 1. The first-order chi connectivity index (χ1) is 13.1. The number of hydrogen-bond donors (Lipinski definition) is 2. The van der Waals surface area contributed by atoms with Gasteiger partial charge in [-0.25, -0.2) is 14.2 Å². The molecule has 27 heavy (non-hydrogen) atoms. The van der Waals surface area contributed by atoms with Crippen molar-refractivity contribution < 1.29 is 14.3 Å². The minimum Gasteiger partial charge on any atom is -0.478 e. The van der Waals surface area contributed by atoms with Crippen molar-refractivity contribution >= 4 is 17.0 Å². The van der Waals surface area contributed by atoms with Crippen LogP contribution in [0.3, 0.4) is 0 Å². The zero-order chi connectivity index (χ0) is 19.0. The molecule has 0 aliphatic rings. The molecular formula is C21H16FN3O2. The van der Waals surface area contributed by atoms with E-state index in [4.69, 9.17) is 0 Å². The van der Waals surface area contributed by atoms with Crippen LogP contribution in [-0.2, 0) is 6.42 Å². The van der Waals surface area contributed by atoms with E-state index in [9.17, 15) is 14.3 Å². The molecule has 2 N–H and O–H groups in total. The van der Waals surface area contributed by atoms with E-state index in [1.54, 1.807) is 24.3 Å². The maximum Gasteiger partial charge on any atom is 0.335 e. The molecule has 0 bridgehead atoms. The van der Waals surface area contributed by atoms with E-state index < -0.39 is 5.97 Å². The second kappa shape index (κ2) is 6.64. The quantitative estimate of drug-likeness (QED) is 0.553. The largest absolute Gasteiger partial charge is 0.478 e. The third-order valence-corrected chi connectivity index (χ3v) is 4.56. The lowest BCUT2D eigenvalue weighted by Crippen LogP contribution is -2.02. The SMILES string of the molecule is CCc1cc(-c2ccc3c(-c4ccc(F)cc4)[nH]nc3n2)ccc1C(=O)O. The van der Waals surface area contributed by atoms with Gasteiger partial charge in [0.05, 0.1) is 17.0 Å². The molecule has 0 spiro atoms. The summed E-state index contributed by atoms with van der Waals surface area (Å²) in [6.45, 7) is 1.92. The van der Waals surface area contributed by atoms with Gasteiger partial charge in [0.15, 0.2) is 5.65 Å². The summed E-state index contributed by atoms with van der Waals surface area (Å²) in [5, 5.41) is 17.3. The molecule has 0 aliphatic carbocycles. The van der Waals surface area contributed by atoms with Crippen LogP contribution in [0.15, 0.2) is 54.6 Å². The van der Waals surface area contributed by atoms with Crippen LogP contribution in [0.2, 0.25) is 0 Å². The molecule has 0 atom stereocenters. The first-order valence-corrected chi connectivity index (χ1v) is 8.54. The highest BCUT2D eigenvalue weighted by Gasteiger charge is 2.13. The topological polar surface area (TPSA) is 78.9 Å². The first kappa shape index (κ1) is 16.9. The molecule has 0 saturated carbocycles. The van der Waals surface area contributed by atoms with Crippen molar-refractivity contribution in [3.05, 3.63) is 71.5 Å². The fourth-order valence-electron chi connectivity index (χ4n) is 3.15. The summed E-state index contributed by atoms with van der Waals surface area (Å²) in [5.74, 6) is -1.22. The second-order valence-corrected chi connectivity index (χ2v) is 6.20. The fourth-order valence-corrected chi connectivity index (χ4v) is 3.15. The van der Waals surface area contributed by atoms with Crippen LogP contribution in [0.25, 0.3) is 33.5 Å². The van der Waals surface area contributed by atoms with Gasteiger partial charge in [-0.05, 0) is 60.5 Å². The molecule has 0 aliphatic heterocycles. The number of halogens is 1. The summed E-state index contributed by atoms with van der Waals surface area (Å²) >= 11 is 0. The van der Waals surface area contributed by atoms with Crippen molar-refractivity contribution in [1.82, 2.24) is 15.2 Å². The average molecular weight is 361 g/mol. The van der Waals surface area contributed by atoms with Gasteiger partial charge >= 0.3 is 5.97 Å². The number of aromatic amines is 1. The van der Waals surface area contributed by atoms with Crippen LogP contribution in [0.4, 0.5) is 4.39 Å². The Bertz CT molecular complexity index is 1150. The van der Waals surface area contributed by atoms with E-state index in [2.05, 4.69) is 15.2 Å². The normalized spacial score (nSPS) is 11.0. The van der Waals surface area contributed by atoms with E-state index in [0.717, 1.165) is 27.8 Å². The smallest absolute Gasteiger partial charge is 0.335 e. The number of aromatic nitrogens is 3. The molecule has 0 amide bonds. The number of nitrogens with one attached hydrogen (secondary N) is 1. The number of fused-ring (bicyclic) bond motifs is 1. The Morgan fingerprint density at radius 2 is 1.81 bits per heavy atom. The maximum absolute atomic E-state index is 13.1.